The molecule has 2 amide bonds. The summed E-state index contributed by atoms with van der Waals surface area (Å²) in [4.78, 5) is 35.0. The van der Waals surface area contributed by atoms with E-state index in [9.17, 15) is 19.7 Å². The summed E-state index contributed by atoms with van der Waals surface area (Å²) in [7, 11) is 0. The number of nitrogens with zero attached hydrogens (tertiary/aromatic N) is 3. The maximum atomic E-state index is 12.2. The van der Waals surface area contributed by atoms with Gasteiger partial charge >= 0.3 is 5.82 Å². The van der Waals surface area contributed by atoms with Gasteiger partial charge in [-0.2, -0.15) is 0 Å². The molecule has 1 aliphatic heterocycles. The summed E-state index contributed by atoms with van der Waals surface area (Å²) in [6.45, 7) is 6.00. The third-order valence-electron chi connectivity index (χ3n) is 5.48. The van der Waals surface area contributed by atoms with Crippen LogP contribution in [0, 0.1) is 10.1 Å². The number of nitrogens with one attached hydrogen (secondary N) is 2. The molecule has 0 bridgehead atoms. The Labute approximate surface area is 183 Å². The van der Waals surface area contributed by atoms with Gasteiger partial charge in [-0.05, 0) is 58.9 Å². The Bertz CT molecular complexity index is 1250. The van der Waals surface area contributed by atoms with E-state index in [1.807, 2.05) is 13.0 Å². The number of nitro groups is 1. The molecule has 1 aromatic heterocycles. The molecule has 1 aliphatic rings. The van der Waals surface area contributed by atoms with Gasteiger partial charge in [0.1, 0.15) is 5.56 Å². The molecule has 0 fully saturated rings. The van der Waals surface area contributed by atoms with Gasteiger partial charge in [-0.1, -0.05) is 25.6 Å². The standard InChI is InChI=1S/C23H21N5O4/c1-3-14-12-24-23(30)18-9-8-15(10-19(14)18)20-13-27(26-22(20)28(31)32)17-7-5-6-16(11-17)25-21(29)4-2/h4-11,13-14H,2-3,12H2,1H3,(H,24,30)(H,25,29). The third kappa shape index (κ3) is 3.87. The lowest BCUT2D eigenvalue weighted by atomic mass is 9.86. The van der Waals surface area contributed by atoms with Crippen LogP contribution < -0.4 is 10.6 Å². The molecule has 2 N–H and O–H groups in total. The fourth-order valence-corrected chi connectivity index (χ4v) is 3.82. The Balaban J connectivity index is 1.78. The maximum absolute atomic E-state index is 12.2. The van der Waals surface area contributed by atoms with Crippen LogP contribution in [0.1, 0.15) is 35.2 Å². The lowest BCUT2D eigenvalue weighted by molar-refractivity contribution is -0.389. The summed E-state index contributed by atoms with van der Waals surface area (Å²) in [5.41, 5.74) is 3.49. The van der Waals surface area contributed by atoms with E-state index in [2.05, 4.69) is 22.3 Å². The topological polar surface area (TPSA) is 119 Å². The molecule has 1 atom stereocenters. The van der Waals surface area contributed by atoms with Gasteiger partial charge in [0.05, 0.1) is 17.0 Å². The molecule has 9 nitrogen and oxygen atoms in total. The zero-order valence-electron chi connectivity index (χ0n) is 17.4. The van der Waals surface area contributed by atoms with Gasteiger partial charge in [0.15, 0.2) is 0 Å². The lowest BCUT2D eigenvalue weighted by Crippen LogP contribution is -2.34. The van der Waals surface area contributed by atoms with Crippen LogP contribution in [0.4, 0.5) is 11.5 Å². The van der Waals surface area contributed by atoms with E-state index in [4.69, 9.17) is 0 Å². The highest BCUT2D eigenvalue weighted by molar-refractivity contribution is 5.99. The van der Waals surface area contributed by atoms with E-state index < -0.39 is 4.92 Å². The van der Waals surface area contributed by atoms with Crippen LogP contribution in [0.25, 0.3) is 16.8 Å². The van der Waals surface area contributed by atoms with Crippen molar-refractivity contribution in [2.75, 3.05) is 11.9 Å². The first-order valence-electron chi connectivity index (χ1n) is 10.1. The third-order valence-corrected chi connectivity index (χ3v) is 5.48. The largest absolute Gasteiger partial charge is 0.398 e. The minimum Gasteiger partial charge on any atom is -0.358 e. The summed E-state index contributed by atoms with van der Waals surface area (Å²) in [6.07, 6.45) is 3.57. The molecule has 3 aromatic rings. The Morgan fingerprint density at radius 2 is 2.16 bits per heavy atom. The van der Waals surface area contributed by atoms with E-state index in [1.54, 1.807) is 42.6 Å². The number of carbonyl (C=O) groups excluding carboxylic acids is 2. The van der Waals surface area contributed by atoms with E-state index in [0.717, 1.165) is 18.1 Å². The van der Waals surface area contributed by atoms with Crippen molar-refractivity contribution in [1.82, 2.24) is 15.1 Å². The predicted molar refractivity (Wildman–Crippen MR) is 120 cm³/mol. The quantitative estimate of drug-likeness (QED) is 0.349. The number of anilines is 1. The summed E-state index contributed by atoms with van der Waals surface area (Å²) in [5, 5.41) is 21.5. The Kier molecular flexibility index (Phi) is 5.55. The van der Waals surface area contributed by atoms with Crippen molar-refractivity contribution in [3.8, 4) is 16.8 Å². The second kappa shape index (κ2) is 8.46. The summed E-state index contributed by atoms with van der Waals surface area (Å²) >= 11 is 0. The molecule has 1 unspecified atom stereocenters. The van der Waals surface area contributed by atoms with Crippen LogP contribution in [0.5, 0.6) is 0 Å². The Hall–Kier alpha value is -4.27. The summed E-state index contributed by atoms with van der Waals surface area (Å²) < 4.78 is 1.40. The zero-order valence-corrected chi connectivity index (χ0v) is 17.4. The molecule has 162 valence electrons. The number of amides is 2. The van der Waals surface area contributed by atoms with Crippen LogP contribution in [-0.4, -0.2) is 33.1 Å². The summed E-state index contributed by atoms with van der Waals surface area (Å²) in [6, 6.07) is 12.0. The molecule has 9 heteroatoms. The smallest absolute Gasteiger partial charge is 0.358 e. The van der Waals surface area contributed by atoms with Crippen molar-refractivity contribution in [3.63, 3.8) is 0 Å². The molecule has 0 radical (unpaired) electrons. The van der Waals surface area contributed by atoms with Gasteiger partial charge in [0.25, 0.3) is 5.91 Å². The average molecular weight is 431 g/mol. The average Bonchev–Trinajstić information content (AvgIpc) is 3.25. The lowest BCUT2D eigenvalue weighted by Gasteiger charge is -2.25. The number of hydrogen-bond acceptors (Lipinski definition) is 5. The number of aromatic nitrogens is 2. The minimum absolute atomic E-state index is 0.139. The Morgan fingerprint density at radius 3 is 2.88 bits per heavy atom. The molecule has 2 aromatic carbocycles. The second-order valence-electron chi connectivity index (χ2n) is 7.43. The molecule has 0 saturated heterocycles. The SMILES string of the molecule is C=CC(=O)Nc1cccc(-n2cc(-c3ccc4c(c3)C(CC)CNC4=O)c([N+](=O)[O-])n2)c1. The van der Waals surface area contributed by atoms with Crippen LogP contribution in [-0.2, 0) is 4.79 Å². The normalized spacial score (nSPS) is 14.9. The number of carbonyl (C=O) groups is 2. The number of fused-ring (bicyclic) bond motifs is 1. The minimum atomic E-state index is -0.529. The molecule has 0 spiro atoms. The van der Waals surface area contributed by atoms with Gasteiger partial charge in [-0.25, -0.2) is 0 Å². The van der Waals surface area contributed by atoms with Crippen molar-refractivity contribution in [3.05, 3.63) is 82.6 Å². The van der Waals surface area contributed by atoms with Crippen LogP contribution in [0.3, 0.4) is 0 Å². The van der Waals surface area contributed by atoms with E-state index in [1.165, 1.54) is 4.68 Å². The number of benzene rings is 2. The zero-order chi connectivity index (χ0) is 22.8. The van der Waals surface area contributed by atoms with Crippen LogP contribution in [0.15, 0.2) is 61.3 Å². The van der Waals surface area contributed by atoms with Gasteiger partial charge in [-0.15, -0.1) is 4.68 Å². The first kappa shape index (κ1) is 21.0. The maximum Gasteiger partial charge on any atom is 0.398 e. The van der Waals surface area contributed by atoms with Crippen LogP contribution >= 0.6 is 0 Å². The predicted octanol–water partition coefficient (Wildman–Crippen LogP) is 3.81. The van der Waals surface area contributed by atoms with Crippen molar-refractivity contribution in [1.29, 1.82) is 0 Å². The second-order valence-corrected chi connectivity index (χ2v) is 7.43. The van der Waals surface area contributed by atoms with Crippen molar-refractivity contribution >= 4 is 23.3 Å². The van der Waals surface area contributed by atoms with Crippen LogP contribution in [0.2, 0.25) is 0 Å². The highest BCUT2D eigenvalue weighted by Crippen LogP contribution is 2.35. The van der Waals surface area contributed by atoms with Crippen molar-refractivity contribution < 1.29 is 14.5 Å². The highest BCUT2D eigenvalue weighted by atomic mass is 16.6. The van der Waals surface area contributed by atoms with E-state index in [0.29, 0.717) is 34.6 Å². The van der Waals surface area contributed by atoms with Gasteiger partial charge < -0.3 is 20.7 Å². The Morgan fingerprint density at radius 1 is 1.34 bits per heavy atom. The number of rotatable bonds is 6. The number of hydrogen-bond donors (Lipinski definition) is 2. The van der Waals surface area contributed by atoms with Crippen molar-refractivity contribution in [2.45, 2.75) is 19.3 Å². The van der Waals surface area contributed by atoms with E-state index >= 15 is 0 Å². The van der Waals surface area contributed by atoms with Gasteiger partial charge in [0, 0.05) is 23.7 Å². The molecule has 32 heavy (non-hydrogen) atoms. The molecule has 0 aliphatic carbocycles. The molecular formula is C23H21N5O4. The summed E-state index contributed by atoms with van der Waals surface area (Å²) in [5.74, 6) is -0.654. The highest BCUT2D eigenvalue weighted by Gasteiger charge is 2.28. The fraction of sp³-hybridized carbons (Fsp3) is 0.174. The molecule has 4 rings (SSSR count). The molecule has 0 saturated carbocycles. The monoisotopic (exact) mass is 431 g/mol. The van der Waals surface area contributed by atoms with Crippen molar-refractivity contribution in [2.24, 2.45) is 0 Å². The van der Waals surface area contributed by atoms with E-state index in [-0.39, 0.29) is 23.6 Å². The first-order chi connectivity index (χ1) is 15.4. The van der Waals surface area contributed by atoms with Gasteiger partial charge in [0.2, 0.25) is 5.91 Å². The first-order valence-corrected chi connectivity index (χ1v) is 10.1. The molecule has 2 heterocycles. The van der Waals surface area contributed by atoms with Gasteiger partial charge in [-0.3, -0.25) is 9.59 Å². The fourth-order valence-electron chi connectivity index (χ4n) is 3.82. The molecular weight excluding hydrogens is 410 g/mol.